The third-order valence-electron chi connectivity index (χ3n) is 3.17. The molecule has 1 N–H and O–H groups in total. The first kappa shape index (κ1) is 16.3. The summed E-state index contributed by atoms with van der Waals surface area (Å²) in [6, 6.07) is 5.09. The molecule has 0 spiro atoms. The normalized spacial score (nSPS) is 10.6. The number of benzene rings is 1. The van der Waals surface area contributed by atoms with Gasteiger partial charge in [-0.05, 0) is 18.1 Å². The molecule has 0 unspecified atom stereocenters. The number of carbonyl (C=O) groups excluding carboxylic acids is 1. The van der Waals surface area contributed by atoms with E-state index in [4.69, 9.17) is 9.47 Å². The lowest BCUT2D eigenvalue weighted by Crippen LogP contribution is -2.22. The molecule has 0 saturated carbocycles. The molecule has 1 amide bonds. The standard InChI is InChI=1S/C16H20N2O3S/c1-10(2)14-9-22-15(18-14)8-17-16(19)11-5-12(20-3)7-13(6-11)21-4/h5-7,9-10H,8H2,1-4H3,(H,17,19). The number of carbonyl (C=O) groups is 1. The quantitative estimate of drug-likeness (QED) is 0.888. The molecule has 1 aromatic heterocycles. The van der Waals surface area contributed by atoms with Gasteiger partial charge in [0.25, 0.3) is 5.91 Å². The van der Waals surface area contributed by atoms with Crippen molar-refractivity contribution in [2.75, 3.05) is 14.2 Å². The van der Waals surface area contributed by atoms with Crippen molar-refractivity contribution in [3.05, 3.63) is 39.8 Å². The molecule has 1 heterocycles. The summed E-state index contributed by atoms with van der Waals surface area (Å²) in [5.74, 6) is 1.38. The lowest BCUT2D eigenvalue weighted by Gasteiger charge is -2.08. The second kappa shape index (κ2) is 7.26. The first-order valence-electron chi connectivity index (χ1n) is 6.99. The van der Waals surface area contributed by atoms with Crippen molar-refractivity contribution >= 4 is 17.2 Å². The minimum absolute atomic E-state index is 0.182. The van der Waals surface area contributed by atoms with Gasteiger partial charge in [0.2, 0.25) is 0 Å². The van der Waals surface area contributed by atoms with E-state index in [-0.39, 0.29) is 5.91 Å². The number of amides is 1. The predicted molar refractivity (Wildman–Crippen MR) is 86.9 cm³/mol. The topological polar surface area (TPSA) is 60.5 Å². The van der Waals surface area contributed by atoms with Crippen molar-refractivity contribution in [2.24, 2.45) is 0 Å². The number of nitrogens with zero attached hydrogens (tertiary/aromatic N) is 1. The molecular formula is C16H20N2O3S. The van der Waals surface area contributed by atoms with Crippen LogP contribution in [0.25, 0.3) is 0 Å². The Morgan fingerprint density at radius 1 is 1.23 bits per heavy atom. The smallest absolute Gasteiger partial charge is 0.251 e. The summed E-state index contributed by atoms with van der Waals surface area (Å²) in [5.41, 5.74) is 1.55. The average molecular weight is 320 g/mol. The molecule has 2 rings (SSSR count). The van der Waals surface area contributed by atoms with Crippen LogP contribution >= 0.6 is 11.3 Å². The van der Waals surface area contributed by atoms with Gasteiger partial charge in [-0.1, -0.05) is 13.8 Å². The first-order chi connectivity index (χ1) is 10.5. The Balaban J connectivity index is 2.05. The number of hydrogen-bond acceptors (Lipinski definition) is 5. The Bertz CT molecular complexity index is 630. The highest BCUT2D eigenvalue weighted by atomic mass is 32.1. The van der Waals surface area contributed by atoms with Crippen LogP contribution < -0.4 is 14.8 Å². The van der Waals surface area contributed by atoms with Crippen LogP contribution in [0.5, 0.6) is 11.5 Å². The maximum atomic E-state index is 12.2. The maximum absolute atomic E-state index is 12.2. The zero-order valence-corrected chi connectivity index (χ0v) is 14.0. The Hall–Kier alpha value is -2.08. The number of rotatable bonds is 6. The van der Waals surface area contributed by atoms with Crippen LogP contribution in [0, 0.1) is 0 Å². The second-order valence-corrected chi connectivity index (χ2v) is 6.05. The molecule has 0 radical (unpaired) electrons. The van der Waals surface area contributed by atoms with Gasteiger partial charge in [0.05, 0.1) is 26.5 Å². The summed E-state index contributed by atoms with van der Waals surface area (Å²) in [6.45, 7) is 4.61. The summed E-state index contributed by atoms with van der Waals surface area (Å²) in [7, 11) is 3.11. The van der Waals surface area contributed by atoms with Gasteiger partial charge in [0, 0.05) is 17.0 Å². The molecule has 0 aliphatic heterocycles. The highest BCUT2D eigenvalue weighted by Gasteiger charge is 2.11. The molecule has 0 saturated heterocycles. The van der Waals surface area contributed by atoms with Crippen molar-refractivity contribution in [3.8, 4) is 11.5 Å². The van der Waals surface area contributed by atoms with Crippen molar-refractivity contribution in [1.82, 2.24) is 10.3 Å². The number of nitrogens with one attached hydrogen (secondary N) is 1. The summed E-state index contributed by atoms with van der Waals surface area (Å²) in [5, 5.41) is 5.79. The Kier molecular flexibility index (Phi) is 5.38. The van der Waals surface area contributed by atoms with E-state index >= 15 is 0 Å². The average Bonchev–Trinajstić information content (AvgIpc) is 3.01. The maximum Gasteiger partial charge on any atom is 0.251 e. The SMILES string of the molecule is COc1cc(OC)cc(C(=O)NCc2nc(C(C)C)cs2)c1. The molecule has 0 aliphatic carbocycles. The van der Waals surface area contributed by atoms with E-state index in [2.05, 4.69) is 24.1 Å². The van der Waals surface area contributed by atoms with E-state index in [0.29, 0.717) is 29.5 Å². The summed E-state index contributed by atoms with van der Waals surface area (Å²) in [6.07, 6.45) is 0. The van der Waals surface area contributed by atoms with Gasteiger partial charge in [-0.15, -0.1) is 11.3 Å². The van der Waals surface area contributed by atoms with Crippen molar-refractivity contribution in [3.63, 3.8) is 0 Å². The molecule has 0 aliphatic rings. The van der Waals surface area contributed by atoms with Crippen LogP contribution in [0.15, 0.2) is 23.6 Å². The highest BCUT2D eigenvalue weighted by Crippen LogP contribution is 2.22. The molecule has 2 aromatic rings. The monoisotopic (exact) mass is 320 g/mol. The molecule has 6 heteroatoms. The largest absolute Gasteiger partial charge is 0.497 e. The highest BCUT2D eigenvalue weighted by molar-refractivity contribution is 7.09. The summed E-state index contributed by atoms with van der Waals surface area (Å²) >= 11 is 1.56. The van der Waals surface area contributed by atoms with Gasteiger partial charge in [0.1, 0.15) is 16.5 Å². The second-order valence-electron chi connectivity index (χ2n) is 5.10. The number of aromatic nitrogens is 1. The van der Waals surface area contributed by atoms with Crippen molar-refractivity contribution in [1.29, 1.82) is 0 Å². The lowest BCUT2D eigenvalue weighted by atomic mass is 10.2. The van der Waals surface area contributed by atoms with E-state index in [0.717, 1.165) is 10.7 Å². The van der Waals surface area contributed by atoms with Crippen LogP contribution in [0.1, 0.15) is 40.8 Å². The van der Waals surface area contributed by atoms with Crippen LogP contribution in [0.2, 0.25) is 0 Å². The Labute approximate surface area is 134 Å². The molecule has 22 heavy (non-hydrogen) atoms. The van der Waals surface area contributed by atoms with E-state index in [1.165, 1.54) is 0 Å². The predicted octanol–water partition coefficient (Wildman–Crippen LogP) is 3.21. The van der Waals surface area contributed by atoms with Crippen molar-refractivity contribution in [2.45, 2.75) is 26.3 Å². The van der Waals surface area contributed by atoms with E-state index in [9.17, 15) is 4.79 Å². The summed E-state index contributed by atoms with van der Waals surface area (Å²) in [4.78, 5) is 16.7. The molecular weight excluding hydrogens is 300 g/mol. The van der Waals surface area contributed by atoms with Gasteiger partial charge in [-0.25, -0.2) is 4.98 Å². The molecule has 0 atom stereocenters. The van der Waals surface area contributed by atoms with Crippen molar-refractivity contribution < 1.29 is 14.3 Å². The fraction of sp³-hybridized carbons (Fsp3) is 0.375. The molecule has 0 fully saturated rings. The number of hydrogen-bond donors (Lipinski definition) is 1. The molecule has 0 bridgehead atoms. The van der Waals surface area contributed by atoms with Crippen LogP contribution in [-0.2, 0) is 6.54 Å². The molecule has 1 aromatic carbocycles. The third kappa shape index (κ3) is 3.98. The molecule has 118 valence electrons. The lowest BCUT2D eigenvalue weighted by molar-refractivity contribution is 0.0950. The summed E-state index contributed by atoms with van der Waals surface area (Å²) < 4.78 is 10.3. The van der Waals surface area contributed by atoms with Gasteiger partial charge in [-0.3, -0.25) is 4.79 Å². The number of thiazole rings is 1. The van der Waals surface area contributed by atoms with Gasteiger partial charge < -0.3 is 14.8 Å². The first-order valence-corrected chi connectivity index (χ1v) is 7.87. The van der Waals surface area contributed by atoms with Crippen LogP contribution in [0.3, 0.4) is 0 Å². The van der Waals surface area contributed by atoms with Gasteiger partial charge in [-0.2, -0.15) is 0 Å². The minimum atomic E-state index is -0.182. The van der Waals surface area contributed by atoms with E-state index < -0.39 is 0 Å². The number of methoxy groups -OCH3 is 2. The van der Waals surface area contributed by atoms with E-state index in [1.54, 1.807) is 43.8 Å². The number of ether oxygens (including phenoxy) is 2. The Morgan fingerprint density at radius 2 is 1.86 bits per heavy atom. The van der Waals surface area contributed by atoms with Crippen LogP contribution in [0.4, 0.5) is 0 Å². The zero-order chi connectivity index (χ0) is 16.1. The fourth-order valence-electron chi connectivity index (χ4n) is 1.87. The van der Waals surface area contributed by atoms with Crippen LogP contribution in [-0.4, -0.2) is 25.1 Å². The Morgan fingerprint density at radius 3 is 2.36 bits per heavy atom. The fourth-order valence-corrected chi connectivity index (χ4v) is 2.76. The zero-order valence-electron chi connectivity index (χ0n) is 13.2. The third-order valence-corrected chi connectivity index (χ3v) is 4.04. The van der Waals surface area contributed by atoms with Gasteiger partial charge in [0.15, 0.2) is 0 Å². The minimum Gasteiger partial charge on any atom is -0.497 e. The van der Waals surface area contributed by atoms with E-state index in [1.807, 2.05) is 5.38 Å². The van der Waals surface area contributed by atoms with Gasteiger partial charge >= 0.3 is 0 Å². The molecule has 5 nitrogen and oxygen atoms in total.